The maximum atomic E-state index is 12.7. The predicted octanol–water partition coefficient (Wildman–Crippen LogP) is 3.35. The van der Waals surface area contributed by atoms with Crippen molar-refractivity contribution in [1.82, 2.24) is 10.2 Å². The van der Waals surface area contributed by atoms with Crippen molar-refractivity contribution in [3.63, 3.8) is 0 Å². The van der Waals surface area contributed by atoms with E-state index in [1.807, 2.05) is 12.1 Å². The Morgan fingerprint density at radius 1 is 1.16 bits per heavy atom. The Kier molecular flexibility index (Phi) is 8.00. The molecule has 1 aliphatic rings. The zero-order chi connectivity index (χ0) is 22.2. The first kappa shape index (κ1) is 22.7. The maximum Gasteiger partial charge on any atom is 0.254 e. The Bertz CT molecular complexity index is 989. The number of carbonyl (C=O) groups is 2. The van der Waals surface area contributed by atoms with E-state index in [4.69, 9.17) is 33.3 Å². The third-order valence-corrected chi connectivity index (χ3v) is 5.07. The van der Waals surface area contributed by atoms with E-state index >= 15 is 0 Å². The first-order valence-electron chi connectivity index (χ1n) is 9.57. The topological polar surface area (TPSA) is 79.9 Å². The smallest absolute Gasteiger partial charge is 0.254 e. The second kappa shape index (κ2) is 10.9. The highest BCUT2D eigenvalue weighted by atomic mass is 35.5. The van der Waals surface area contributed by atoms with Gasteiger partial charge < -0.3 is 19.7 Å². The minimum Gasteiger partial charge on any atom is -0.497 e. The summed E-state index contributed by atoms with van der Waals surface area (Å²) < 4.78 is 10.4. The van der Waals surface area contributed by atoms with E-state index in [1.54, 1.807) is 48.4 Å². The van der Waals surface area contributed by atoms with Crippen molar-refractivity contribution in [1.29, 1.82) is 0 Å². The summed E-state index contributed by atoms with van der Waals surface area (Å²) in [4.78, 5) is 26.5. The normalized spacial score (nSPS) is 13.7. The Labute approximate surface area is 191 Å². The predicted molar refractivity (Wildman–Crippen MR) is 125 cm³/mol. The van der Waals surface area contributed by atoms with Gasteiger partial charge in [0.15, 0.2) is 5.11 Å². The van der Waals surface area contributed by atoms with Gasteiger partial charge in [0.1, 0.15) is 5.75 Å². The van der Waals surface area contributed by atoms with Crippen molar-refractivity contribution in [2.75, 3.05) is 38.7 Å². The van der Waals surface area contributed by atoms with Crippen LogP contribution in [0.4, 0.5) is 5.69 Å². The summed E-state index contributed by atoms with van der Waals surface area (Å²) in [5.41, 5.74) is 1.75. The van der Waals surface area contributed by atoms with E-state index in [-0.39, 0.29) is 11.0 Å². The van der Waals surface area contributed by atoms with E-state index in [0.717, 1.165) is 11.3 Å². The van der Waals surface area contributed by atoms with Gasteiger partial charge in [0.2, 0.25) is 5.91 Å². The molecule has 0 spiro atoms. The molecule has 2 aromatic rings. The number of anilines is 1. The summed E-state index contributed by atoms with van der Waals surface area (Å²) in [6.45, 7) is 2.12. The van der Waals surface area contributed by atoms with Gasteiger partial charge in [-0.15, -0.1) is 0 Å². The summed E-state index contributed by atoms with van der Waals surface area (Å²) in [5, 5.41) is 5.88. The third-order valence-electron chi connectivity index (χ3n) is 4.54. The van der Waals surface area contributed by atoms with Gasteiger partial charge >= 0.3 is 0 Å². The molecule has 31 heavy (non-hydrogen) atoms. The van der Waals surface area contributed by atoms with Gasteiger partial charge in [-0.1, -0.05) is 23.7 Å². The number of nitrogens with zero attached hydrogens (tertiary/aromatic N) is 1. The molecule has 2 aromatic carbocycles. The Hall–Kier alpha value is -2.94. The van der Waals surface area contributed by atoms with Gasteiger partial charge in [-0.2, -0.15) is 0 Å². The maximum absolute atomic E-state index is 12.7. The van der Waals surface area contributed by atoms with Gasteiger partial charge in [0.25, 0.3) is 5.91 Å². The summed E-state index contributed by atoms with van der Waals surface area (Å²) in [7, 11) is 1.59. The van der Waals surface area contributed by atoms with E-state index in [0.29, 0.717) is 42.6 Å². The lowest BCUT2D eigenvalue weighted by atomic mass is 10.1. The summed E-state index contributed by atoms with van der Waals surface area (Å²) in [6.07, 6.45) is 3.03. The molecule has 1 fully saturated rings. The zero-order valence-corrected chi connectivity index (χ0v) is 18.5. The fraction of sp³-hybridized carbons (Fsp3) is 0.227. The number of carbonyl (C=O) groups excluding carboxylic acids is 2. The van der Waals surface area contributed by atoms with Crippen LogP contribution in [-0.4, -0.2) is 55.2 Å². The van der Waals surface area contributed by atoms with Crippen molar-refractivity contribution < 1.29 is 19.1 Å². The molecule has 7 nitrogen and oxygen atoms in total. The lowest BCUT2D eigenvalue weighted by Crippen LogP contribution is -2.40. The molecule has 162 valence electrons. The van der Waals surface area contributed by atoms with Gasteiger partial charge in [-0.05, 0) is 54.2 Å². The number of benzene rings is 2. The fourth-order valence-corrected chi connectivity index (χ4v) is 3.27. The number of rotatable bonds is 5. The first-order valence-corrected chi connectivity index (χ1v) is 10.4. The highest BCUT2D eigenvalue weighted by molar-refractivity contribution is 7.80. The van der Waals surface area contributed by atoms with Crippen LogP contribution in [0.1, 0.15) is 15.9 Å². The van der Waals surface area contributed by atoms with Crippen molar-refractivity contribution in [3.05, 3.63) is 64.7 Å². The molecule has 3 rings (SSSR count). The zero-order valence-electron chi connectivity index (χ0n) is 16.9. The quantitative estimate of drug-likeness (QED) is 0.527. The number of nitrogens with one attached hydrogen (secondary N) is 2. The number of hydrogen-bond acceptors (Lipinski definition) is 5. The third kappa shape index (κ3) is 6.52. The highest BCUT2D eigenvalue weighted by Gasteiger charge is 2.19. The molecule has 0 saturated carbocycles. The molecule has 0 unspecified atom stereocenters. The summed E-state index contributed by atoms with van der Waals surface area (Å²) >= 11 is 11.4. The monoisotopic (exact) mass is 459 g/mol. The van der Waals surface area contributed by atoms with E-state index in [1.165, 1.54) is 6.08 Å². The lowest BCUT2D eigenvalue weighted by molar-refractivity contribution is -0.115. The molecule has 0 aromatic heterocycles. The molecule has 0 atom stereocenters. The molecule has 0 bridgehead atoms. The van der Waals surface area contributed by atoms with E-state index in [9.17, 15) is 9.59 Å². The number of ether oxygens (including phenoxy) is 2. The summed E-state index contributed by atoms with van der Waals surface area (Å²) in [6, 6.07) is 12.2. The van der Waals surface area contributed by atoms with Crippen molar-refractivity contribution in [2.24, 2.45) is 0 Å². The van der Waals surface area contributed by atoms with Crippen LogP contribution in [0.25, 0.3) is 6.08 Å². The van der Waals surface area contributed by atoms with E-state index in [2.05, 4.69) is 10.6 Å². The van der Waals surface area contributed by atoms with Crippen molar-refractivity contribution >= 4 is 52.5 Å². The number of methoxy groups -OCH3 is 1. The van der Waals surface area contributed by atoms with Gasteiger partial charge in [0, 0.05) is 24.7 Å². The molecule has 1 aliphatic heterocycles. The Morgan fingerprint density at radius 2 is 1.87 bits per heavy atom. The van der Waals surface area contributed by atoms with Crippen LogP contribution in [0.15, 0.2) is 48.5 Å². The Balaban J connectivity index is 1.59. The van der Waals surface area contributed by atoms with Gasteiger partial charge in [0.05, 0.1) is 31.0 Å². The molecule has 0 aliphatic carbocycles. The molecule has 1 heterocycles. The minimum atomic E-state index is -0.398. The largest absolute Gasteiger partial charge is 0.497 e. The average molecular weight is 460 g/mol. The fourth-order valence-electron chi connectivity index (χ4n) is 2.90. The van der Waals surface area contributed by atoms with Crippen LogP contribution in [0.3, 0.4) is 0 Å². The highest BCUT2D eigenvalue weighted by Crippen LogP contribution is 2.24. The second-order valence-electron chi connectivity index (χ2n) is 6.65. The number of amides is 2. The van der Waals surface area contributed by atoms with E-state index < -0.39 is 5.91 Å². The molecular weight excluding hydrogens is 438 g/mol. The average Bonchev–Trinajstić information content (AvgIpc) is 2.79. The Morgan fingerprint density at radius 3 is 2.55 bits per heavy atom. The SMILES string of the molecule is COc1ccc(/C=C/C(=O)NC(=S)Nc2cc(C(=O)N3CCOCC3)ccc2Cl)cc1. The molecular formula is C22H22ClN3O4S. The number of halogens is 1. The van der Waals surface area contributed by atoms with Crippen LogP contribution in [0.2, 0.25) is 5.02 Å². The summed E-state index contributed by atoms with van der Waals surface area (Å²) in [5.74, 6) is 0.226. The van der Waals surface area contributed by atoms with Crippen LogP contribution in [-0.2, 0) is 9.53 Å². The minimum absolute atomic E-state index is 0.0715. The standard InChI is InChI=1S/C22H22ClN3O4S/c1-29-17-6-2-15(3-7-17)4-9-20(27)25-22(31)24-19-14-16(5-8-18(19)23)21(28)26-10-12-30-13-11-26/h2-9,14H,10-13H2,1H3,(H2,24,25,27,31)/b9-4+. The van der Waals surface area contributed by atoms with Gasteiger partial charge in [-0.3, -0.25) is 14.9 Å². The van der Waals surface area contributed by atoms with Crippen LogP contribution in [0, 0.1) is 0 Å². The van der Waals surface area contributed by atoms with Crippen LogP contribution in [0.5, 0.6) is 5.75 Å². The molecule has 1 saturated heterocycles. The number of thiocarbonyl (C=S) groups is 1. The number of morpholine rings is 1. The second-order valence-corrected chi connectivity index (χ2v) is 7.46. The van der Waals surface area contributed by atoms with Crippen molar-refractivity contribution in [2.45, 2.75) is 0 Å². The molecule has 2 N–H and O–H groups in total. The van der Waals surface area contributed by atoms with Gasteiger partial charge in [-0.25, -0.2) is 0 Å². The molecule has 9 heteroatoms. The van der Waals surface area contributed by atoms with Crippen LogP contribution >= 0.6 is 23.8 Å². The molecule has 0 radical (unpaired) electrons. The van der Waals surface area contributed by atoms with Crippen molar-refractivity contribution in [3.8, 4) is 5.75 Å². The first-order chi connectivity index (χ1) is 15.0. The lowest BCUT2D eigenvalue weighted by Gasteiger charge is -2.27. The number of hydrogen-bond donors (Lipinski definition) is 2. The van der Waals surface area contributed by atoms with Crippen LogP contribution < -0.4 is 15.4 Å². The molecule has 2 amide bonds.